The highest BCUT2D eigenvalue weighted by molar-refractivity contribution is 5.18. The number of nitrogens with two attached hydrogens (primary N) is 1. The van der Waals surface area contributed by atoms with Crippen LogP contribution in [-0.4, -0.2) is 32.3 Å². The molecule has 20 heavy (non-hydrogen) atoms. The van der Waals surface area contributed by atoms with Crippen molar-refractivity contribution in [2.24, 2.45) is 5.73 Å². The van der Waals surface area contributed by atoms with Crippen LogP contribution in [0.25, 0.3) is 0 Å². The summed E-state index contributed by atoms with van der Waals surface area (Å²) in [6.07, 6.45) is 1.04. The number of hydrogen-bond acceptors (Lipinski definition) is 3. The molecule has 0 aliphatic carbocycles. The van der Waals surface area contributed by atoms with Crippen LogP contribution < -0.4 is 11.1 Å². The van der Waals surface area contributed by atoms with Crippen LogP contribution >= 0.6 is 0 Å². The minimum absolute atomic E-state index is 0.332. The molecule has 0 radical (unpaired) electrons. The van der Waals surface area contributed by atoms with Gasteiger partial charge in [0.2, 0.25) is 0 Å². The number of hydrogen-bond donors (Lipinski definition) is 2. The van der Waals surface area contributed by atoms with E-state index in [0.717, 1.165) is 18.5 Å². The summed E-state index contributed by atoms with van der Waals surface area (Å²) in [5.74, 6) is 0.508. The topological polar surface area (TPSA) is 47.3 Å². The Morgan fingerprint density at radius 2 is 2.05 bits per heavy atom. The average Bonchev–Trinajstić information content (AvgIpc) is 2.46. The zero-order valence-corrected chi connectivity index (χ0v) is 12.8. The van der Waals surface area contributed by atoms with Crippen LogP contribution in [0.2, 0.25) is 0 Å². The highest BCUT2D eigenvalue weighted by Gasteiger charge is 2.12. The Kier molecular flexibility index (Phi) is 8.19. The van der Waals surface area contributed by atoms with Crippen molar-refractivity contribution in [3.05, 3.63) is 48.0 Å². The summed E-state index contributed by atoms with van der Waals surface area (Å²) in [5, 5.41) is 3.46. The molecule has 0 saturated heterocycles. The van der Waals surface area contributed by atoms with E-state index >= 15 is 0 Å². The van der Waals surface area contributed by atoms with E-state index < -0.39 is 0 Å². The van der Waals surface area contributed by atoms with E-state index in [0.29, 0.717) is 31.7 Å². The van der Waals surface area contributed by atoms with Gasteiger partial charge in [-0.2, -0.15) is 0 Å². The first-order valence-corrected chi connectivity index (χ1v) is 7.34. The highest BCUT2D eigenvalue weighted by atomic mass is 16.5. The summed E-state index contributed by atoms with van der Waals surface area (Å²) in [6.45, 7) is 10.8. The van der Waals surface area contributed by atoms with Gasteiger partial charge < -0.3 is 15.8 Å². The minimum atomic E-state index is 0.332. The predicted octanol–water partition coefficient (Wildman–Crippen LogP) is 2.69. The Bertz CT molecular complexity index is 378. The second-order valence-electron chi connectivity index (χ2n) is 5.44. The highest BCUT2D eigenvalue weighted by Crippen LogP contribution is 2.19. The van der Waals surface area contributed by atoms with Gasteiger partial charge in [0, 0.05) is 19.1 Å². The first-order valence-electron chi connectivity index (χ1n) is 7.34. The molecule has 3 N–H and O–H groups in total. The molecule has 112 valence electrons. The van der Waals surface area contributed by atoms with Crippen LogP contribution in [-0.2, 0) is 4.74 Å². The molecule has 0 aliphatic heterocycles. The molecule has 2 unspecified atom stereocenters. The van der Waals surface area contributed by atoms with Crippen molar-refractivity contribution in [1.82, 2.24) is 5.32 Å². The molecule has 2 atom stereocenters. The fourth-order valence-corrected chi connectivity index (χ4v) is 2.19. The summed E-state index contributed by atoms with van der Waals surface area (Å²) in [6, 6.07) is 10.9. The Hall–Kier alpha value is -1.16. The van der Waals surface area contributed by atoms with Crippen LogP contribution in [0.4, 0.5) is 0 Å². The van der Waals surface area contributed by atoms with Crippen LogP contribution in [0, 0.1) is 0 Å². The van der Waals surface area contributed by atoms with Crippen molar-refractivity contribution in [1.29, 1.82) is 0 Å². The lowest BCUT2D eigenvalue weighted by Gasteiger charge is -2.21. The number of ether oxygens (including phenoxy) is 1. The normalized spacial score (nSPS) is 13.9. The molecule has 0 heterocycles. The van der Waals surface area contributed by atoms with Crippen molar-refractivity contribution in [3.63, 3.8) is 0 Å². The Morgan fingerprint density at radius 1 is 1.35 bits per heavy atom. The molecule has 1 rings (SSSR count). The van der Waals surface area contributed by atoms with E-state index in [9.17, 15) is 0 Å². The minimum Gasteiger partial charge on any atom is -0.376 e. The van der Waals surface area contributed by atoms with Gasteiger partial charge in [0.15, 0.2) is 0 Å². The van der Waals surface area contributed by atoms with Crippen molar-refractivity contribution < 1.29 is 4.74 Å². The summed E-state index contributed by atoms with van der Waals surface area (Å²) >= 11 is 0. The summed E-state index contributed by atoms with van der Waals surface area (Å²) in [7, 11) is 0. The van der Waals surface area contributed by atoms with Crippen LogP contribution in [0.15, 0.2) is 42.5 Å². The maximum atomic E-state index is 5.84. The third kappa shape index (κ3) is 6.85. The molecule has 0 fully saturated rings. The lowest BCUT2D eigenvalue weighted by atomic mass is 9.94. The molecular weight excluding hydrogens is 248 g/mol. The molecule has 1 aromatic carbocycles. The smallest absolute Gasteiger partial charge is 0.0672 e. The van der Waals surface area contributed by atoms with Crippen molar-refractivity contribution in [2.75, 3.05) is 26.3 Å². The van der Waals surface area contributed by atoms with Crippen LogP contribution in [0.1, 0.15) is 31.7 Å². The summed E-state index contributed by atoms with van der Waals surface area (Å²) in [4.78, 5) is 0. The molecule has 3 heteroatoms. The summed E-state index contributed by atoms with van der Waals surface area (Å²) < 4.78 is 5.48. The molecule has 0 amide bonds. The maximum Gasteiger partial charge on any atom is 0.0672 e. The standard InChI is InChI=1S/C17H28N2O/c1-14(2)13-20-10-9-19-17(12-18)11-15(3)16-7-5-4-6-8-16/h4-8,15,17,19H,1,9-13,18H2,2-3H3. The van der Waals surface area contributed by atoms with Gasteiger partial charge in [-0.15, -0.1) is 0 Å². The molecular formula is C17H28N2O. The van der Waals surface area contributed by atoms with Crippen LogP contribution in [0.3, 0.4) is 0 Å². The lowest BCUT2D eigenvalue weighted by molar-refractivity contribution is 0.155. The SMILES string of the molecule is C=C(C)COCCNC(CN)CC(C)c1ccccc1. The van der Waals surface area contributed by atoms with Gasteiger partial charge in [-0.1, -0.05) is 49.4 Å². The largest absolute Gasteiger partial charge is 0.376 e. The number of nitrogens with one attached hydrogen (secondary N) is 1. The predicted molar refractivity (Wildman–Crippen MR) is 86.0 cm³/mol. The third-order valence-electron chi connectivity index (χ3n) is 3.32. The van der Waals surface area contributed by atoms with E-state index in [1.165, 1.54) is 5.56 Å². The number of rotatable bonds is 10. The molecule has 0 aliphatic rings. The van der Waals surface area contributed by atoms with Crippen molar-refractivity contribution in [2.45, 2.75) is 32.2 Å². The molecule has 0 spiro atoms. The first kappa shape index (κ1) is 16.9. The molecule has 0 aromatic heterocycles. The summed E-state index contributed by atoms with van der Waals surface area (Å²) in [5.41, 5.74) is 8.27. The Balaban J connectivity index is 2.27. The van der Waals surface area contributed by atoms with Gasteiger partial charge in [-0.3, -0.25) is 0 Å². The Morgan fingerprint density at radius 3 is 2.65 bits per heavy atom. The third-order valence-corrected chi connectivity index (χ3v) is 3.32. The molecule has 1 aromatic rings. The van der Waals surface area contributed by atoms with Gasteiger partial charge in [-0.05, 0) is 24.8 Å². The van der Waals surface area contributed by atoms with E-state index in [-0.39, 0.29) is 0 Å². The van der Waals surface area contributed by atoms with Crippen molar-refractivity contribution >= 4 is 0 Å². The molecule has 0 bridgehead atoms. The monoisotopic (exact) mass is 276 g/mol. The second-order valence-corrected chi connectivity index (χ2v) is 5.44. The average molecular weight is 276 g/mol. The van der Waals surface area contributed by atoms with Crippen molar-refractivity contribution in [3.8, 4) is 0 Å². The van der Waals surface area contributed by atoms with Gasteiger partial charge in [0.05, 0.1) is 13.2 Å². The van der Waals surface area contributed by atoms with E-state index in [1.54, 1.807) is 0 Å². The number of benzene rings is 1. The van der Waals surface area contributed by atoms with Gasteiger partial charge >= 0.3 is 0 Å². The zero-order chi connectivity index (χ0) is 14.8. The second kappa shape index (κ2) is 9.70. The first-order chi connectivity index (χ1) is 9.63. The lowest BCUT2D eigenvalue weighted by Crippen LogP contribution is -2.39. The Labute approximate surface area is 123 Å². The molecule has 0 saturated carbocycles. The van der Waals surface area contributed by atoms with Crippen LogP contribution in [0.5, 0.6) is 0 Å². The quantitative estimate of drug-likeness (QED) is 0.510. The van der Waals surface area contributed by atoms with E-state index in [1.807, 2.05) is 13.0 Å². The zero-order valence-electron chi connectivity index (χ0n) is 12.8. The maximum absolute atomic E-state index is 5.84. The van der Waals surface area contributed by atoms with E-state index in [4.69, 9.17) is 10.5 Å². The fourth-order valence-electron chi connectivity index (χ4n) is 2.19. The van der Waals surface area contributed by atoms with E-state index in [2.05, 4.69) is 43.1 Å². The molecule has 3 nitrogen and oxygen atoms in total. The van der Waals surface area contributed by atoms with Gasteiger partial charge in [0.25, 0.3) is 0 Å². The van der Waals surface area contributed by atoms with Gasteiger partial charge in [0.1, 0.15) is 0 Å². The van der Waals surface area contributed by atoms with Gasteiger partial charge in [-0.25, -0.2) is 0 Å². The fraction of sp³-hybridized carbons (Fsp3) is 0.529.